The van der Waals surface area contributed by atoms with Gasteiger partial charge in [-0.05, 0) is 49.0 Å². The van der Waals surface area contributed by atoms with Crippen molar-refractivity contribution in [3.8, 4) is 11.5 Å². The first-order valence-electron chi connectivity index (χ1n) is 9.70. The van der Waals surface area contributed by atoms with Crippen LogP contribution in [0.25, 0.3) is 11.5 Å². The van der Waals surface area contributed by atoms with Gasteiger partial charge in [0.25, 0.3) is 5.89 Å². The van der Waals surface area contributed by atoms with E-state index < -0.39 is 0 Å². The molecule has 0 bridgehead atoms. The zero-order valence-corrected chi connectivity index (χ0v) is 19.4. The Bertz CT molecular complexity index is 1020. The summed E-state index contributed by atoms with van der Waals surface area (Å²) in [6.45, 7) is 4.18. The number of halogens is 2. The molecule has 1 N–H and O–H groups in total. The summed E-state index contributed by atoms with van der Waals surface area (Å²) in [6, 6.07) is 15.5. The van der Waals surface area contributed by atoms with Crippen molar-refractivity contribution in [3.05, 3.63) is 63.9 Å². The normalized spacial score (nSPS) is 15.1. The lowest BCUT2D eigenvalue weighted by molar-refractivity contribution is 0.266. The summed E-state index contributed by atoms with van der Waals surface area (Å²) in [6.07, 6.45) is 0.999. The van der Waals surface area contributed by atoms with E-state index in [-0.39, 0.29) is 0 Å². The van der Waals surface area contributed by atoms with Crippen molar-refractivity contribution >= 4 is 50.5 Å². The second kappa shape index (κ2) is 9.87. The van der Waals surface area contributed by atoms with E-state index in [1.54, 1.807) is 0 Å². The predicted octanol–water partition coefficient (Wildman–Crippen LogP) is 5.06. The molecule has 2 aromatic carbocycles. The molecule has 0 radical (unpaired) electrons. The Morgan fingerprint density at radius 3 is 2.77 bits per heavy atom. The molecular weight excluding hydrogens is 486 g/mol. The maximum atomic E-state index is 6.30. The third-order valence-corrected chi connectivity index (χ3v) is 6.07. The van der Waals surface area contributed by atoms with Gasteiger partial charge in [0, 0.05) is 36.2 Å². The summed E-state index contributed by atoms with van der Waals surface area (Å²) in [4.78, 5) is 9.05. The molecule has 0 unspecified atom stereocenters. The maximum Gasteiger partial charge on any atom is 0.257 e. The van der Waals surface area contributed by atoms with Gasteiger partial charge in [0.1, 0.15) is 0 Å². The van der Waals surface area contributed by atoms with E-state index in [4.69, 9.17) is 28.3 Å². The fourth-order valence-corrected chi connectivity index (χ4v) is 4.35. The van der Waals surface area contributed by atoms with Gasteiger partial charge in [-0.15, -0.1) is 0 Å². The van der Waals surface area contributed by atoms with Gasteiger partial charge in [-0.1, -0.05) is 50.9 Å². The summed E-state index contributed by atoms with van der Waals surface area (Å²) in [5.41, 5.74) is 1.74. The number of benzene rings is 2. The first-order valence-corrected chi connectivity index (χ1v) is 11.3. The van der Waals surface area contributed by atoms with E-state index in [0.717, 1.165) is 48.3 Å². The second-order valence-electron chi connectivity index (χ2n) is 7.05. The minimum absolute atomic E-state index is 0.554. The topological polar surface area (TPSA) is 57.4 Å². The summed E-state index contributed by atoms with van der Waals surface area (Å²) in [5, 5.41) is 8.73. The minimum atomic E-state index is 0.554. The average Bonchev–Trinajstić information content (AvgIpc) is 3.08. The molecule has 1 aliphatic rings. The van der Waals surface area contributed by atoms with Gasteiger partial charge < -0.3 is 14.7 Å². The molecule has 156 valence electrons. The zero-order chi connectivity index (χ0) is 20.9. The summed E-state index contributed by atoms with van der Waals surface area (Å²) < 4.78 is 6.36. The Morgan fingerprint density at radius 1 is 1.13 bits per heavy atom. The van der Waals surface area contributed by atoms with E-state index in [0.29, 0.717) is 28.4 Å². The van der Waals surface area contributed by atoms with Crippen molar-refractivity contribution in [1.82, 2.24) is 19.9 Å². The Hall–Kier alpha value is -2.00. The number of rotatable bonds is 4. The van der Waals surface area contributed by atoms with E-state index in [1.807, 2.05) is 48.5 Å². The van der Waals surface area contributed by atoms with Crippen LogP contribution in [0.2, 0.25) is 5.02 Å². The first kappa shape index (κ1) is 21.2. The lowest BCUT2D eigenvalue weighted by Gasteiger charge is -2.24. The molecule has 0 aliphatic carbocycles. The van der Waals surface area contributed by atoms with Gasteiger partial charge in [0.2, 0.25) is 0 Å². The molecule has 6 nitrogen and oxygen atoms in total. The number of hydrogen-bond donors (Lipinski definition) is 1. The molecule has 4 rings (SSSR count). The van der Waals surface area contributed by atoms with Crippen molar-refractivity contribution in [1.29, 1.82) is 0 Å². The van der Waals surface area contributed by atoms with Gasteiger partial charge in [-0.3, -0.25) is 4.90 Å². The van der Waals surface area contributed by atoms with E-state index in [1.165, 1.54) is 0 Å². The summed E-state index contributed by atoms with van der Waals surface area (Å²) in [5.74, 6) is 1.25. The Labute approximate surface area is 194 Å². The molecule has 0 spiro atoms. The van der Waals surface area contributed by atoms with Gasteiger partial charge in [0.05, 0.1) is 17.3 Å². The Morgan fingerprint density at radius 2 is 1.97 bits per heavy atom. The van der Waals surface area contributed by atoms with Crippen molar-refractivity contribution < 1.29 is 4.52 Å². The number of nitrogens with zero attached hydrogens (tertiary/aromatic N) is 4. The number of anilines is 1. The second-order valence-corrected chi connectivity index (χ2v) is 8.76. The summed E-state index contributed by atoms with van der Waals surface area (Å²) >= 11 is 15.3. The van der Waals surface area contributed by atoms with Crippen LogP contribution in [0.4, 0.5) is 5.69 Å². The van der Waals surface area contributed by atoms with Crippen molar-refractivity contribution in [2.45, 2.75) is 13.0 Å². The smallest absolute Gasteiger partial charge is 0.257 e. The van der Waals surface area contributed by atoms with Crippen LogP contribution < -0.4 is 5.32 Å². The largest absolute Gasteiger partial charge is 0.348 e. The van der Waals surface area contributed by atoms with Crippen LogP contribution in [0, 0.1) is 0 Å². The molecule has 0 amide bonds. The van der Waals surface area contributed by atoms with E-state index >= 15 is 0 Å². The molecule has 1 fully saturated rings. The standard InChI is InChI=1S/C21H21BrClN5OS/c22-16-7-8-18(17(23)13-16)24-21(30)28-10-4-9-27(11-12-28)14-19-25-20(29-26-19)15-5-2-1-3-6-15/h1-3,5-8,13H,4,9-12,14H2,(H,24,30). The monoisotopic (exact) mass is 505 g/mol. The molecule has 3 aromatic rings. The van der Waals surface area contributed by atoms with E-state index in [9.17, 15) is 0 Å². The van der Waals surface area contributed by atoms with Crippen molar-refractivity contribution in [3.63, 3.8) is 0 Å². The van der Waals surface area contributed by atoms with Crippen LogP contribution >= 0.6 is 39.7 Å². The van der Waals surface area contributed by atoms with Gasteiger partial charge >= 0.3 is 0 Å². The van der Waals surface area contributed by atoms with E-state index in [2.05, 4.69) is 41.2 Å². The van der Waals surface area contributed by atoms with Gasteiger partial charge in [-0.25, -0.2) is 0 Å². The zero-order valence-electron chi connectivity index (χ0n) is 16.2. The third kappa shape index (κ3) is 5.37. The highest BCUT2D eigenvalue weighted by molar-refractivity contribution is 9.10. The predicted molar refractivity (Wildman–Crippen MR) is 127 cm³/mol. The third-order valence-electron chi connectivity index (χ3n) is 4.90. The van der Waals surface area contributed by atoms with Crippen LogP contribution in [-0.2, 0) is 6.54 Å². The fourth-order valence-electron chi connectivity index (χ4n) is 3.33. The average molecular weight is 507 g/mol. The van der Waals surface area contributed by atoms with Gasteiger partial charge in [-0.2, -0.15) is 4.98 Å². The molecule has 1 saturated heterocycles. The van der Waals surface area contributed by atoms with Crippen LogP contribution in [0.1, 0.15) is 12.2 Å². The molecule has 2 heterocycles. The van der Waals surface area contributed by atoms with Gasteiger partial charge in [0.15, 0.2) is 10.9 Å². The fraction of sp³-hybridized carbons (Fsp3) is 0.286. The molecule has 1 aliphatic heterocycles. The quantitative estimate of drug-likeness (QED) is 0.497. The highest BCUT2D eigenvalue weighted by Crippen LogP contribution is 2.26. The van der Waals surface area contributed by atoms with Crippen LogP contribution in [-0.4, -0.2) is 51.2 Å². The molecule has 30 heavy (non-hydrogen) atoms. The highest BCUT2D eigenvalue weighted by atomic mass is 79.9. The summed E-state index contributed by atoms with van der Waals surface area (Å²) in [7, 11) is 0. The number of aromatic nitrogens is 2. The molecular formula is C21H21BrClN5OS. The molecule has 0 saturated carbocycles. The Balaban J connectivity index is 1.33. The Kier molecular flexibility index (Phi) is 6.99. The number of hydrogen-bond acceptors (Lipinski definition) is 5. The molecule has 1 aromatic heterocycles. The number of thiocarbonyl (C=S) groups is 1. The van der Waals surface area contributed by atoms with Crippen LogP contribution in [0.5, 0.6) is 0 Å². The maximum absolute atomic E-state index is 6.30. The molecule has 0 atom stereocenters. The lowest BCUT2D eigenvalue weighted by Crippen LogP contribution is -2.37. The van der Waals surface area contributed by atoms with Crippen molar-refractivity contribution in [2.75, 3.05) is 31.5 Å². The number of nitrogens with one attached hydrogen (secondary N) is 1. The lowest BCUT2D eigenvalue weighted by atomic mass is 10.2. The molecule has 9 heteroatoms. The SMILES string of the molecule is S=C(Nc1ccc(Br)cc1Cl)N1CCCN(Cc2noc(-c3ccccc3)n2)CC1. The van der Waals surface area contributed by atoms with Crippen LogP contribution in [0.15, 0.2) is 57.5 Å². The van der Waals surface area contributed by atoms with Crippen molar-refractivity contribution in [2.24, 2.45) is 0 Å². The first-order chi connectivity index (χ1) is 14.6. The van der Waals surface area contributed by atoms with Crippen LogP contribution in [0.3, 0.4) is 0 Å². The highest BCUT2D eigenvalue weighted by Gasteiger charge is 2.19. The minimum Gasteiger partial charge on any atom is -0.348 e.